The van der Waals surface area contributed by atoms with E-state index in [2.05, 4.69) is 50.4 Å². The number of rotatable bonds is 7. The Hall–Kier alpha value is -0.820. The molecule has 0 aliphatic heterocycles. The van der Waals surface area contributed by atoms with Gasteiger partial charge < -0.3 is 5.32 Å². The van der Waals surface area contributed by atoms with Gasteiger partial charge in [-0.05, 0) is 48.1 Å². The van der Waals surface area contributed by atoms with Crippen LogP contribution in [0.4, 0.5) is 0 Å². The lowest BCUT2D eigenvalue weighted by Crippen LogP contribution is -2.33. The fraction of sp³-hybridized carbons (Fsp3) is 0.684. The second-order valence-corrected chi connectivity index (χ2v) is 7.08. The summed E-state index contributed by atoms with van der Waals surface area (Å²) >= 11 is 0. The van der Waals surface area contributed by atoms with Crippen LogP contribution in [0.3, 0.4) is 0 Å². The van der Waals surface area contributed by atoms with Gasteiger partial charge >= 0.3 is 0 Å². The van der Waals surface area contributed by atoms with Gasteiger partial charge in [-0.3, -0.25) is 0 Å². The van der Waals surface area contributed by atoms with E-state index in [4.69, 9.17) is 0 Å². The SMILES string of the molecule is CCc1ccc(CNCC2(CC(C)C)CCCC2)cc1. The summed E-state index contributed by atoms with van der Waals surface area (Å²) in [5, 5.41) is 3.73. The highest BCUT2D eigenvalue weighted by molar-refractivity contribution is 5.22. The summed E-state index contributed by atoms with van der Waals surface area (Å²) < 4.78 is 0. The van der Waals surface area contributed by atoms with Gasteiger partial charge in [-0.1, -0.05) is 57.9 Å². The molecule has 0 amide bonds. The van der Waals surface area contributed by atoms with Crippen molar-refractivity contribution in [1.82, 2.24) is 5.32 Å². The minimum atomic E-state index is 0.581. The highest BCUT2D eigenvalue weighted by Crippen LogP contribution is 2.42. The van der Waals surface area contributed by atoms with E-state index in [0.29, 0.717) is 5.41 Å². The lowest BCUT2D eigenvalue weighted by molar-refractivity contribution is 0.223. The molecule has 1 aliphatic carbocycles. The van der Waals surface area contributed by atoms with Crippen LogP contribution in [-0.2, 0) is 13.0 Å². The first kappa shape index (κ1) is 15.6. The Labute approximate surface area is 125 Å². The molecule has 1 aromatic carbocycles. The van der Waals surface area contributed by atoms with Crippen molar-refractivity contribution < 1.29 is 0 Å². The predicted octanol–water partition coefficient (Wildman–Crippen LogP) is 4.95. The number of nitrogens with one attached hydrogen (secondary N) is 1. The highest BCUT2D eigenvalue weighted by Gasteiger charge is 2.33. The van der Waals surface area contributed by atoms with Gasteiger partial charge in [0, 0.05) is 13.1 Å². The van der Waals surface area contributed by atoms with Crippen molar-refractivity contribution in [2.75, 3.05) is 6.54 Å². The maximum atomic E-state index is 3.73. The van der Waals surface area contributed by atoms with Gasteiger partial charge in [0.05, 0.1) is 0 Å². The van der Waals surface area contributed by atoms with Crippen molar-refractivity contribution in [3.63, 3.8) is 0 Å². The van der Waals surface area contributed by atoms with E-state index < -0.39 is 0 Å². The van der Waals surface area contributed by atoms with Gasteiger partial charge in [0.2, 0.25) is 0 Å². The Bertz CT molecular complexity index is 385. The number of hydrogen-bond donors (Lipinski definition) is 1. The molecule has 1 saturated carbocycles. The molecule has 0 saturated heterocycles. The second kappa shape index (κ2) is 7.26. The predicted molar refractivity (Wildman–Crippen MR) is 87.9 cm³/mol. The van der Waals surface area contributed by atoms with Gasteiger partial charge in [-0.2, -0.15) is 0 Å². The van der Waals surface area contributed by atoms with E-state index in [1.165, 1.54) is 49.8 Å². The molecule has 1 fully saturated rings. The van der Waals surface area contributed by atoms with Crippen LogP contribution in [0.2, 0.25) is 0 Å². The molecule has 0 spiro atoms. The zero-order chi connectivity index (χ0) is 14.4. The first-order valence-electron chi connectivity index (χ1n) is 8.42. The van der Waals surface area contributed by atoms with Crippen LogP contribution in [0.15, 0.2) is 24.3 Å². The smallest absolute Gasteiger partial charge is 0.0205 e. The number of benzene rings is 1. The van der Waals surface area contributed by atoms with Crippen molar-refractivity contribution in [1.29, 1.82) is 0 Å². The maximum absolute atomic E-state index is 3.73. The molecule has 0 radical (unpaired) electrons. The molecule has 0 heterocycles. The monoisotopic (exact) mass is 273 g/mol. The number of hydrogen-bond acceptors (Lipinski definition) is 1. The molecular formula is C19H31N. The zero-order valence-electron chi connectivity index (χ0n) is 13.5. The van der Waals surface area contributed by atoms with Crippen molar-refractivity contribution in [2.24, 2.45) is 11.3 Å². The molecule has 0 unspecified atom stereocenters. The Morgan fingerprint density at radius 3 is 2.20 bits per heavy atom. The molecule has 0 bridgehead atoms. The van der Waals surface area contributed by atoms with Crippen molar-refractivity contribution in [3.05, 3.63) is 35.4 Å². The van der Waals surface area contributed by atoms with E-state index in [1.54, 1.807) is 0 Å². The summed E-state index contributed by atoms with van der Waals surface area (Å²) in [6, 6.07) is 9.07. The van der Waals surface area contributed by atoms with E-state index in [0.717, 1.165) is 18.9 Å². The second-order valence-electron chi connectivity index (χ2n) is 7.08. The third kappa shape index (κ3) is 4.34. The molecule has 20 heavy (non-hydrogen) atoms. The normalized spacial score (nSPS) is 17.8. The fourth-order valence-corrected chi connectivity index (χ4v) is 3.81. The Kier molecular flexibility index (Phi) is 5.65. The molecule has 0 atom stereocenters. The van der Waals surface area contributed by atoms with Gasteiger partial charge in [-0.25, -0.2) is 0 Å². The molecule has 2 rings (SSSR count). The Morgan fingerprint density at radius 1 is 1.05 bits per heavy atom. The topological polar surface area (TPSA) is 12.0 Å². The molecule has 1 heteroatoms. The standard InChI is InChI=1S/C19H31N/c1-4-17-7-9-18(10-8-17)14-20-15-19(13-16(2)3)11-5-6-12-19/h7-10,16,20H,4-6,11-15H2,1-3H3. The molecule has 1 N–H and O–H groups in total. The van der Waals surface area contributed by atoms with Gasteiger partial charge in [0.15, 0.2) is 0 Å². The van der Waals surface area contributed by atoms with Crippen LogP contribution < -0.4 is 5.32 Å². The molecule has 1 aromatic rings. The van der Waals surface area contributed by atoms with Crippen LogP contribution in [0.1, 0.15) is 64.0 Å². The molecule has 1 nitrogen and oxygen atoms in total. The Morgan fingerprint density at radius 2 is 1.65 bits per heavy atom. The van der Waals surface area contributed by atoms with E-state index in [-0.39, 0.29) is 0 Å². The minimum Gasteiger partial charge on any atom is -0.312 e. The largest absolute Gasteiger partial charge is 0.312 e. The van der Waals surface area contributed by atoms with Gasteiger partial charge in [-0.15, -0.1) is 0 Å². The summed E-state index contributed by atoms with van der Waals surface area (Å²) in [7, 11) is 0. The third-order valence-corrected chi connectivity index (χ3v) is 4.77. The summed E-state index contributed by atoms with van der Waals surface area (Å²) in [6.07, 6.45) is 8.22. The summed E-state index contributed by atoms with van der Waals surface area (Å²) in [5.74, 6) is 0.818. The lowest BCUT2D eigenvalue weighted by Gasteiger charge is -2.31. The van der Waals surface area contributed by atoms with E-state index >= 15 is 0 Å². The Balaban J connectivity index is 1.83. The molecular weight excluding hydrogens is 242 g/mol. The van der Waals surface area contributed by atoms with Crippen molar-refractivity contribution >= 4 is 0 Å². The van der Waals surface area contributed by atoms with Gasteiger partial charge in [0.25, 0.3) is 0 Å². The average Bonchev–Trinajstić information content (AvgIpc) is 2.87. The van der Waals surface area contributed by atoms with Crippen molar-refractivity contribution in [2.45, 2.75) is 65.8 Å². The van der Waals surface area contributed by atoms with Crippen LogP contribution >= 0.6 is 0 Å². The number of aryl methyl sites for hydroxylation is 1. The minimum absolute atomic E-state index is 0.581. The highest BCUT2D eigenvalue weighted by atomic mass is 14.9. The van der Waals surface area contributed by atoms with Crippen LogP contribution in [0, 0.1) is 11.3 Å². The first-order valence-corrected chi connectivity index (χ1v) is 8.42. The van der Waals surface area contributed by atoms with E-state index in [1.807, 2.05) is 0 Å². The third-order valence-electron chi connectivity index (χ3n) is 4.77. The van der Waals surface area contributed by atoms with Crippen LogP contribution in [0.5, 0.6) is 0 Å². The van der Waals surface area contributed by atoms with Crippen LogP contribution in [0.25, 0.3) is 0 Å². The van der Waals surface area contributed by atoms with Crippen molar-refractivity contribution in [3.8, 4) is 0 Å². The first-order chi connectivity index (χ1) is 9.63. The van der Waals surface area contributed by atoms with Gasteiger partial charge in [0.1, 0.15) is 0 Å². The molecule has 1 aliphatic rings. The quantitative estimate of drug-likeness (QED) is 0.741. The summed E-state index contributed by atoms with van der Waals surface area (Å²) in [6.45, 7) is 9.15. The summed E-state index contributed by atoms with van der Waals surface area (Å²) in [4.78, 5) is 0. The maximum Gasteiger partial charge on any atom is 0.0205 e. The average molecular weight is 273 g/mol. The zero-order valence-corrected chi connectivity index (χ0v) is 13.5. The van der Waals surface area contributed by atoms with E-state index in [9.17, 15) is 0 Å². The molecule has 0 aromatic heterocycles. The molecule has 112 valence electrons. The van der Waals surface area contributed by atoms with Crippen LogP contribution in [-0.4, -0.2) is 6.54 Å². The summed E-state index contributed by atoms with van der Waals surface area (Å²) in [5.41, 5.74) is 3.43. The lowest BCUT2D eigenvalue weighted by atomic mass is 9.78. The fourth-order valence-electron chi connectivity index (χ4n) is 3.81.